The average molecular weight is 1150 g/mol. The lowest BCUT2D eigenvalue weighted by Crippen LogP contribution is -2.60. The second-order valence-corrected chi connectivity index (χ2v) is 27.6. The van der Waals surface area contributed by atoms with E-state index in [9.17, 15) is 0 Å². The molecule has 0 radical (unpaired) electrons. The van der Waals surface area contributed by atoms with Gasteiger partial charge in [0, 0.05) is 55.6 Å². The highest BCUT2D eigenvalue weighted by Gasteiger charge is 2.44. The van der Waals surface area contributed by atoms with Crippen LogP contribution in [0.4, 0.5) is 17.1 Å². The van der Waals surface area contributed by atoms with Gasteiger partial charge in [-0.1, -0.05) is 216 Å². The molecule has 0 fully saturated rings. The smallest absolute Gasteiger partial charge is 0.252 e. The molecule has 0 amide bonds. The molecule has 2 aliphatic heterocycles. The predicted octanol–water partition coefficient (Wildman–Crippen LogP) is 19.8. The third kappa shape index (κ3) is 8.47. The van der Waals surface area contributed by atoms with Crippen molar-refractivity contribution < 1.29 is 0 Å². The maximum atomic E-state index is 5.68. The Hall–Kier alpha value is -9.91. The zero-order valence-electron chi connectivity index (χ0n) is 52.9. The van der Waals surface area contributed by atoms with Crippen LogP contribution < -0.4 is 21.3 Å². The first-order valence-corrected chi connectivity index (χ1v) is 31.5. The molecule has 4 heterocycles. The van der Waals surface area contributed by atoms with Crippen LogP contribution in [-0.2, 0) is 10.8 Å². The second-order valence-electron chi connectivity index (χ2n) is 27.6. The number of rotatable bonds is 6. The summed E-state index contributed by atoms with van der Waals surface area (Å²) in [5.74, 6) is 1.98. The van der Waals surface area contributed by atoms with Crippen molar-refractivity contribution in [2.24, 2.45) is 0 Å². The van der Waals surface area contributed by atoms with Crippen molar-refractivity contribution >= 4 is 94.3 Å². The van der Waals surface area contributed by atoms with Crippen molar-refractivity contribution in [2.45, 2.75) is 93.9 Å². The van der Waals surface area contributed by atoms with Crippen LogP contribution >= 0.6 is 0 Å². The van der Waals surface area contributed by atoms with Gasteiger partial charge in [0.1, 0.15) is 0 Å². The standard InChI is InChI=1S/C83H70BN5/c1-47-38-49(3)73(50(4)39-47)80-85-79(86-81(87-80)74-51(5)40-48(2)41-52(74)6)55-43-71-77-72(44-55)89-69-36-30-54(60-25-17-16-24-59(60)53-22-14-13-15-23-53)42-66(69)76-75-64-29-21-20-27-62(64)61-26-18-19-28-63(61)65(75)46-68(78(76)89)84(77)67-45-57(83(10,11)12)33-37-70(67)88(71)58-34-31-56(32-35-58)82(7,8)9/h13-46H,1-12H3. The van der Waals surface area contributed by atoms with Crippen LogP contribution in [0.5, 0.6) is 0 Å². The summed E-state index contributed by atoms with van der Waals surface area (Å²) >= 11 is 0. The first-order valence-electron chi connectivity index (χ1n) is 31.5. The first-order chi connectivity index (χ1) is 42.9. The zero-order valence-corrected chi connectivity index (χ0v) is 52.9. The van der Waals surface area contributed by atoms with E-state index in [-0.39, 0.29) is 17.5 Å². The van der Waals surface area contributed by atoms with E-state index in [1.807, 2.05) is 0 Å². The van der Waals surface area contributed by atoms with Gasteiger partial charge in [-0.15, -0.1) is 0 Å². The van der Waals surface area contributed by atoms with Crippen molar-refractivity contribution in [1.29, 1.82) is 0 Å². The number of nitrogens with zero attached hydrogens (tertiary/aromatic N) is 5. The van der Waals surface area contributed by atoms with Gasteiger partial charge in [0.05, 0.1) is 11.0 Å². The molecule has 5 nitrogen and oxygen atoms in total. The quantitative estimate of drug-likeness (QED) is 0.123. The average Bonchev–Trinajstić information content (AvgIpc) is 1.62. The molecule has 0 spiro atoms. The Morgan fingerprint density at radius 2 is 0.876 bits per heavy atom. The van der Waals surface area contributed by atoms with Crippen LogP contribution in [0.2, 0.25) is 0 Å². The summed E-state index contributed by atoms with van der Waals surface area (Å²) in [6.45, 7) is 26.9. The predicted molar refractivity (Wildman–Crippen MR) is 379 cm³/mol. The zero-order chi connectivity index (χ0) is 61.1. The summed E-state index contributed by atoms with van der Waals surface area (Å²) < 4.78 is 2.64. The molecule has 0 atom stereocenters. The number of aromatic nitrogens is 4. The topological polar surface area (TPSA) is 46.8 Å². The highest BCUT2D eigenvalue weighted by molar-refractivity contribution is 7.00. The Morgan fingerprint density at radius 3 is 1.48 bits per heavy atom. The Labute approximate surface area is 522 Å². The molecule has 6 heteroatoms. The molecule has 0 aliphatic carbocycles. The Balaban J connectivity index is 1.10. The number of benzene rings is 12. The van der Waals surface area contributed by atoms with Crippen LogP contribution in [-0.4, -0.2) is 26.2 Å². The normalized spacial score (nSPS) is 12.9. The van der Waals surface area contributed by atoms with Gasteiger partial charge in [-0.3, -0.25) is 0 Å². The molecular formula is C83H70BN5. The van der Waals surface area contributed by atoms with E-state index in [2.05, 4.69) is 299 Å². The summed E-state index contributed by atoms with van der Waals surface area (Å²) in [5.41, 5.74) is 27.9. The molecule has 12 aromatic carbocycles. The summed E-state index contributed by atoms with van der Waals surface area (Å²) in [7, 11) is 0. The van der Waals surface area contributed by atoms with E-state index >= 15 is 0 Å². The number of aryl methyl sites for hydroxylation is 6. The van der Waals surface area contributed by atoms with Gasteiger partial charge in [-0.25, -0.2) is 15.0 Å². The summed E-state index contributed by atoms with van der Waals surface area (Å²) in [5, 5.41) is 10.0. The van der Waals surface area contributed by atoms with Crippen molar-refractivity contribution in [1.82, 2.24) is 19.5 Å². The fraction of sp³-hybridized carbons (Fsp3) is 0.169. The van der Waals surface area contributed by atoms with Crippen LogP contribution in [0, 0.1) is 41.5 Å². The molecule has 430 valence electrons. The van der Waals surface area contributed by atoms with Gasteiger partial charge in [-0.2, -0.15) is 0 Å². The van der Waals surface area contributed by atoms with Gasteiger partial charge in [0.15, 0.2) is 17.5 Å². The molecular weight excluding hydrogens is 1080 g/mol. The number of fused-ring (bicyclic) bond motifs is 14. The van der Waals surface area contributed by atoms with E-state index in [1.54, 1.807) is 0 Å². The third-order valence-corrected chi connectivity index (χ3v) is 19.4. The van der Waals surface area contributed by atoms with Gasteiger partial charge in [0.2, 0.25) is 0 Å². The molecule has 0 saturated heterocycles. The number of anilines is 3. The lowest BCUT2D eigenvalue weighted by Gasteiger charge is -2.41. The minimum atomic E-state index is -0.163. The fourth-order valence-corrected chi connectivity index (χ4v) is 15.5. The molecule has 0 bridgehead atoms. The highest BCUT2D eigenvalue weighted by Crippen LogP contribution is 2.49. The lowest BCUT2D eigenvalue weighted by atomic mass is 9.33. The van der Waals surface area contributed by atoms with Crippen LogP contribution in [0.1, 0.15) is 86.1 Å². The maximum absolute atomic E-state index is 5.68. The Kier molecular flexibility index (Phi) is 12.1. The monoisotopic (exact) mass is 1150 g/mol. The van der Waals surface area contributed by atoms with E-state index in [0.717, 1.165) is 67.2 Å². The molecule has 0 saturated carbocycles. The largest absolute Gasteiger partial charge is 0.311 e. The third-order valence-electron chi connectivity index (χ3n) is 19.4. The fourth-order valence-electron chi connectivity index (χ4n) is 15.5. The Morgan fingerprint density at radius 1 is 0.360 bits per heavy atom. The molecule has 2 aliphatic rings. The SMILES string of the molecule is Cc1cc(C)c(-c2nc(-c3cc4c5c(c3)-n3c6ccc(-c7ccccc7-c7ccccc7)cc6c6c7c8ccccc8c8ccccc8c7cc(c63)B5c3cc(C(C)(C)C)ccc3N4c3ccc(C(C)(C)C)cc3)nc(-c3c(C)cc(C)cc3C)n2)c(C)c1. The minimum Gasteiger partial charge on any atom is -0.311 e. The van der Waals surface area contributed by atoms with Crippen LogP contribution in [0.3, 0.4) is 0 Å². The van der Waals surface area contributed by atoms with E-state index in [0.29, 0.717) is 17.5 Å². The minimum absolute atomic E-state index is 0.0349. The maximum Gasteiger partial charge on any atom is 0.252 e. The van der Waals surface area contributed by atoms with Crippen LogP contribution in [0.25, 0.3) is 116 Å². The van der Waals surface area contributed by atoms with Crippen molar-refractivity contribution in [3.05, 3.63) is 251 Å². The molecule has 2 aromatic heterocycles. The number of hydrogen-bond donors (Lipinski definition) is 0. The number of hydrogen-bond acceptors (Lipinski definition) is 4. The van der Waals surface area contributed by atoms with Crippen molar-refractivity contribution in [2.75, 3.05) is 4.90 Å². The first kappa shape index (κ1) is 54.5. The molecule has 14 aromatic rings. The van der Waals surface area contributed by atoms with Crippen molar-refractivity contribution in [3.8, 4) is 62.1 Å². The van der Waals surface area contributed by atoms with E-state index in [1.165, 1.54) is 110 Å². The molecule has 89 heavy (non-hydrogen) atoms. The van der Waals surface area contributed by atoms with Gasteiger partial charge in [0.25, 0.3) is 6.71 Å². The van der Waals surface area contributed by atoms with Gasteiger partial charge >= 0.3 is 0 Å². The summed E-state index contributed by atoms with van der Waals surface area (Å²) in [4.78, 5) is 19.4. The lowest BCUT2D eigenvalue weighted by molar-refractivity contribution is 0.590. The summed E-state index contributed by atoms with van der Waals surface area (Å²) in [6, 6.07) is 78.4. The molecule has 16 rings (SSSR count). The molecule has 0 N–H and O–H groups in total. The van der Waals surface area contributed by atoms with E-state index in [4.69, 9.17) is 15.0 Å². The van der Waals surface area contributed by atoms with Crippen LogP contribution in [0.15, 0.2) is 206 Å². The van der Waals surface area contributed by atoms with E-state index < -0.39 is 0 Å². The Bertz CT molecular complexity index is 5220. The molecule has 0 unspecified atom stereocenters. The summed E-state index contributed by atoms with van der Waals surface area (Å²) in [6.07, 6.45) is 0. The van der Waals surface area contributed by atoms with Gasteiger partial charge in [-0.05, 0) is 194 Å². The highest BCUT2D eigenvalue weighted by atomic mass is 15.2. The second kappa shape index (κ2) is 19.8. The van der Waals surface area contributed by atoms with Gasteiger partial charge < -0.3 is 9.47 Å². The van der Waals surface area contributed by atoms with Crippen molar-refractivity contribution in [3.63, 3.8) is 0 Å².